The van der Waals surface area contributed by atoms with Crippen LogP contribution in [0.4, 0.5) is 11.6 Å². The van der Waals surface area contributed by atoms with Crippen molar-refractivity contribution in [1.29, 1.82) is 0 Å². The first-order valence-corrected chi connectivity index (χ1v) is 11.4. The van der Waals surface area contributed by atoms with E-state index in [0.717, 1.165) is 42.2 Å². The fraction of sp³-hybridized carbons (Fsp3) is 0.304. The first kappa shape index (κ1) is 20.6. The van der Waals surface area contributed by atoms with E-state index in [2.05, 4.69) is 66.8 Å². The van der Waals surface area contributed by atoms with Crippen LogP contribution in [-0.2, 0) is 4.79 Å². The van der Waals surface area contributed by atoms with Gasteiger partial charge in [0.1, 0.15) is 22.7 Å². The number of carbonyl (C=O) groups excluding carboxylic acids is 1. The number of rotatable bonds is 5. The topological polar surface area (TPSA) is 87.4 Å². The van der Waals surface area contributed by atoms with Crippen LogP contribution in [0.5, 0.6) is 0 Å². The molecule has 1 aromatic carbocycles. The number of nitrogens with zero attached hydrogens (tertiary/aromatic N) is 5. The lowest BCUT2D eigenvalue weighted by Crippen LogP contribution is -2.49. The van der Waals surface area contributed by atoms with Crippen LogP contribution >= 0.6 is 11.3 Å². The second-order valence-electron chi connectivity index (χ2n) is 8.03. The molecule has 0 atom stereocenters. The average Bonchev–Trinajstić information content (AvgIpc) is 3.41. The van der Waals surface area contributed by atoms with Crippen molar-refractivity contribution in [2.75, 3.05) is 42.9 Å². The molecule has 0 bridgehead atoms. The maximum absolute atomic E-state index is 12.3. The van der Waals surface area contributed by atoms with Gasteiger partial charge in [0.15, 0.2) is 5.82 Å². The summed E-state index contributed by atoms with van der Waals surface area (Å²) in [5, 5.41) is 9.87. The molecule has 0 radical (unpaired) electrons. The molecular weight excluding hydrogens is 424 g/mol. The van der Waals surface area contributed by atoms with Crippen LogP contribution in [0.25, 0.3) is 21.3 Å². The average molecular weight is 449 g/mol. The molecule has 8 nitrogen and oxygen atoms in total. The number of hydrogen-bond acceptors (Lipinski definition) is 8. The second kappa shape index (κ2) is 8.68. The van der Waals surface area contributed by atoms with Crippen LogP contribution in [0.2, 0.25) is 0 Å². The maximum atomic E-state index is 12.3. The smallest absolute Gasteiger partial charge is 0.239 e. The van der Waals surface area contributed by atoms with E-state index in [1.54, 1.807) is 30.7 Å². The van der Waals surface area contributed by atoms with Crippen LogP contribution < -0.4 is 10.2 Å². The number of anilines is 2. The highest BCUT2D eigenvalue weighted by Gasteiger charge is 2.23. The molecule has 0 unspecified atom stereocenters. The minimum absolute atomic E-state index is 0.0873. The van der Waals surface area contributed by atoms with Gasteiger partial charge in [-0.25, -0.2) is 9.97 Å². The molecule has 32 heavy (non-hydrogen) atoms. The number of benzene rings is 1. The number of amides is 1. The van der Waals surface area contributed by atoms with Gasteiger partial charge in [0, 0.05) is 43.2 Å². The first-order chi connectivity index (χ1) is 15.6. The van der Waals surface area contributed by atoms with Crippen molar-refractivity contribution in [1.82, 2.24) is 20.0 Å². The third kappa shape index (κ3) is 4.21. The molecule has 0 saturated carbocycles. The quantitative estimate of drug-likeness (QED) is 0.498. The first-order valence-electron chi connectivity index (χ1n) is 10.6. The molecule has 0 spiro atoms. The highest BCUT2D eigenvalue weighted by atomic mass is 32.1. The van der Waals surface area contributed by atoms with Gasteiger partial charge in [-0.15, -0.1) is 11.3 Å². The van der Waals surface area contributed by atoms with Gasteiger partial charge in [0.05, 0.1) is 11.9 Å². The molecule has 4 heterocycles. The number of carbonyl (C=O) groups is 1. The SMILES string of the molecule is Cc1ccc(-c2csc3ncnc(N4CCN(CC(=O)Nc5cc(C)on5)CC4)c23)cc1. The van der Waals surface area contributed by atoms with Gasteiger partial charge in [0.25, 0.3) is 0 Å². The van der Waals surface area contributed by atoms with Crippen molar-refractivity contribution >= 4 is 39.1 Å². The number of hydrogen-bond donors (Lipinski definition) is 1. The zero-order chi connectivity index (χ0) is 22.1. The number of nitrogens with one attached hydrogen (secondary N) is 1. The molecule has 1 saturated heterocycles. The molecule has 1 fully saturated rings. The lowest BCUT2D eigenvalue weighted by molar-refractivity contribution is -0.117. The Hall–Kier alpha value is -3.30. The molecule has 0 aliphatic carbocycles. The standard InChI is InChI=1S/C23H24N6O2S/c1-15-3-5-17(6-4-15)18-13-32-23-21(18)22(24-14-25-23)29-9-7-28(8-10-29)12-20(30)26-19-11-16(2)31-27-19/h3-6,11,13-14H,7-10,12H2,1-2H3,(H,26,27,30). The van der Waals surface area contributed by atoms with Crippen molar-refractivity contribution in [2.24, 2.45) is 0 Å². The van der Waals surface area contributed by atoms with Crippen molar-refractivity contribution < 1.29 is 9.32 Å². The lowest BCUT2D eigenvalue weighted by Gasteiger charge is -2.35. The van der Waals surface area contributed by atoms with Crippen LogP contribution in [0.15, 0.2) is 46.6 Å². The third-order valence-electron chi connectivity index (χ3n) is 5.65. The monoisotopic (exact) mass is 448 g/mol. The minimum atomic E-state index is -0.0873. The van der Waals surface area contributed by atoms with Gasteiger partial charge in [-0.05, 0) is 19.4 Å². The second-order valence-corrected chi connectivity index (χ2v) is 8.89. The van der Waals surface area contributed by atoms with E-state index in [0.29, 0.717) is 18.1 Å². The molecule has 1 amide bonds. The normalized spacial score (nSPS) is 14.8. The molecule has 3 aromatic heterocycles. The molecule has 1 aliphatic rings. The molecule has 164 valence electrons. The number of aryl methyl sites for hydroxylation is 2. The highest BCUT2D eigenvalue weighted by Crippen LogP contribution is 2.38. The molecule has 1 N–H and O–H groups in total. The Morgan fingerprint density at radius 2 is 1.91 bits per heavy atom. The Morgan fingerprint density at radius 1 is 1.12 bits per heavy atom. The molecule has 4 aromatic rings. The van der Waals surface area contributed by atoms with Gasteiger partial charge in [-0.3, -0.25) is 9.69 Å². The lowest BCUT2D eigenvalue weighted by atomic mass is 10.0. The van der Waals surface area contributed by atoms with Crippen molar-refractivity contribution in [2.45, 2.75) is 13.8 Å². The van der Waals surface area contributed by atoms with Crippen LogP contribution in [0, 0.1) is 13.8 Å². The maximum Gasteiger partial charge on any atom is 0.239 e. The fourth-order valence-electron chi connectivity index (χ4n) is 3.97. The summed E-state index contributed by atoms with van der Waals surface area (Å²) in [6.07, 6.45) is 1.65. The Morgan fingerprint density at radius 3 is 2.62 bits per heavy atom. The van der Waals surface area contributed by atoms with Crippen molar-refractivity contribution in [3.05, 3.63) is 53.4 Å². The Labute approximate surface area is 189 Å². The Bertz CT molecular complexity index is 1240. The zero-order valence-corrected chi connectivity index (χ0v) is 18.9. The van der Waals surface area contributed by atoms with E-state index >= 15 is 0 Å². The van der Waals surface area contributed by atoms with E-state index < -0.39 is 0 Å². The summed E-state index contributed by atoms with van der Waals surface area (Å²) in [7, 11) is 0. The molecule has 9 heteroatoms. The number of aromatic nitrogens is 3. The number of piperazine rings is 1. The summed E-state index contributed by atoms with van der Waals surface area (Å²) in [5.74, 6) is 2.00. The van der Waals surface area contributed by atoms with E-state index in [1.807, 2.05) is 0 Å². The van der Waals surface area contributed by atoms with Crippen molar-refractivity contribution in [3.8, 4) is 11.1 Å². The highest BCUT2D eigenvalue weighted by molar-refractivity contribution is 7.17. The summed E-state index contributed by atoms with van der Waals surface area (Å²) in [6.45, 7) is 7.37. The minimum Gasteiger partial charge on any atom is -0.360 e. The van der Waals surface area contributed by atoms with Gasteiger partial charge in [-0.2, -0.15) is 0 Å². The predicted molar refractivity (Wildman–Crippen MR) is 126 cm³/mol. The Kier molecular flexibility index (Phi) is 5.59. The summed E-state index contributed by atoms with van der Waals surface area (Å²) in [5.41, 5.74) is 3.59. The largest absolute Gasteiger partial charge is 0.360 e. The summed E-state index contributed by atoms with van der Waals surface area (Å²) in [6, 6.07) is 10.3. The Balaban J connectivity index is 1.29. The molecular formula is C23H24N6O2S. The van der Waals surface area contributed by atoms with E-state index in [1.165, 1.54) is 16.7 Å². The van der Waals surface area contributed by atoms with Crippen LogP contribution in [-0.4, -0.2) is 58.7 Å². The molecule has 1 aliphatic heterocycles. The summed E-state index contributed by atoms with van der Waals surface area (Å²) < 4.78 is 5.00. The fourth-order valence-corrected chi connectivity index (χ4v) is 4.88. The summed E-state index contributed by atoms with van der Waals surface area (Å²) >= 11 is 1.65. The summed E-state index contributed by atoms with van der Waals surface area (Å²) in [4.78, 5) is 26.9. The van der Waals surface area contributed by atoms with E-state index in [4.69, 9.17) is 4.52 Å². The zero-order valence-electron chi connectivity index (χ0n) is 18.0. The van der Waals surface area contributed by atoms with Crippen molar-refractivity contribution in [3.63, 3.8) is 0 Å². The van der Waals surface area contributed by atoms with E-state index in [-0.39, 0.29) is 5.91 Å². The number of fused-ring (bicyclic) bond motifs is 1. The van der Waals surface area contributed by atoms with Crippen LogP contribution in [0.1, 0.15) is 11.3 Å². The van der Waals surface area contributed by atoms with Gasteiger partial charge < -0.3 is 14.7 Å². The van der Waals surface area contributed by atoms with Crippen LogP contribution in [0.3, 0.4) is 0 Å². The predicted octanol–water partition coefficient (Wildman–Crippen LogP) is 3.72. The third-order valence-corrected chi connectivity index (χ3v) is 6.53. The van der Waals surface area contributed by atoms with E-state index in [9.17, 15) is 4.79 Å². The van der Waals surface area contributed by atoms with Gasteiger partial charge in [-0.1, -0.05) is 35.0 Å². The van der Waals surface area contributed by atoms with Gasteiger partial charge in [0.2, 0.25) is 5.91 Å². The molecule has 5 rings (SSSR count). The number of thiophene rings is 1. The van der Waals surface area contributed by atoms with Gasteiger partial charge >= 0.3 is 0 Å².